The van der Waals surface area contributed by atoms with Crippen LogP contribution in [0.5, 0.6) is 0 Å². The van der Waals surface area contributed by atoms with E-state index in [9.17, 15) is 18.0 Å². The van der Waals surface area contributed by atoms with Crippen LogP contribution in [0.1, 0.15) is 26.7 Å². The van der Waals surface area contributed by atoms with Gasteiger partial charge in [0.1, 0.15) is 11.7 Å². The smallest absolute Gasteiger partial charge is 0.350 e. The molecule has 3 nitrogen and oxygen atoms in total. The zero-order valence-electron chi connectivity index (χ0n) is 9.26. The van der Waals surface area contributed by atoms with Crippen LogP contribution in [0.3, 0.4) is 0 Å². The van der Waals surface area contributed by atoms with Gasteiger partial charge in [-0.3, -0.25) is 0 Å². The highest BCUT2D eigenvalue weighted by atomic mass is 19.4. The van der Waals surface area contributed by atoms with Crippen molar-refractivity contribution in [3.05, 3.63) is 0 Å². The summed E-state index contributed by atoms with van der Waals surface area (Å²) >= 11 is 0. The van der Waals surface area contributed by atoms with Gasteiger partial charge in [-0.1, -0.05) is 0 Å². The van der Waals surface area contributed by atoms with Crippen LogP contribution in [-0.4, -0.2) is 31.5 Å². The fraction of sp³-hybridized carbons (Fsp3) is 0.900. The third-order valence-electron chi connectivity index (χ3n) is 2.77. The van der Waals surface area contributed by atoms with Crippen LogP contribution in [0.2, 0.25) is 0 Å². The molecule has 0 spiro atoms. The Kier molecular flexibility index (Phi) is 3.64. The van der Waals surface area contributed by atoms with Crippen molar-refractivity contribution in [2.45, 2.75) is 38.7 Å². The van der Waals surface area contributed by atoms with Gasteiger partial charge in [0.05, 0.1) is 0 Å². The summed E-state index contributed by atoms with van der Waals surface area (Å²) in [6.07, 6.45) is -5.47. The number of carbonyl (C=O) groups is 1. The van der Waals surface area contributed by atoms with E-state index in [1.807, 2.05) is 0 Å². The zero-order chi connectivity index (χ0) is 12.4. The van der Waals surface area contributed by atoms with Crippen LogP contribution >= 0.6 is 0 Å². The molecule has 1 fully saturated rings. The van der Waals surface area contributed by atoms with Crippen molar-refractivity contribution in [3.63, 3.8) is 0 Å². The second-order valence-electron chi connectivity index (χ2n) is 3.90. The molecular formula is C10H15F3O3. The topological polar surface area (TPSA) is 35.5 Å². The molecule has 1 saturated carbocycles. The van der Waals surface area contributed by atoms with Gasteiger partial charge in [-0.15, -0.1) is 0 Å². The van der Waals surface area contributed by atoms with Gasteiger partial charge < -0.3 is 14.3 Å². The van der Waals surface area contributed by atoms with Crippen LogP contribution in [0.4, 0.5) is 13.2 Å². The molecule has 0 radical (unpaired) electrons. The highest BCUT2D eigenvalue weighted by Crippen LogP contribution is 2.58. The highest BCUT2D eigenvalue weighted by Gasteiger charge is 2.69. The Morgan fingerprint density at radius 2 is 1.62 bits per heavy atom. The van der Waals surface area contributed by atoms with Crippen LogP contribution in [0.25, 0.3) is 0 Å². The summed E-state index contributed by atoms with van der Waals surface area (Å²) < 4.78 is 48.3. The van der Waals surface area contributed by atoms with E-state index in [2.05, 4.69) is 0 Å². The van der Waals surface area contributed by atoms with E-state index >= 15 is 0 Å². The quantitative estimate of drug-likeness (QED) is 0.546. The van der Waals surface area contributed by atoms with Gasteiger partial charge >= 0.3 is 6.18 Å². The second-order valence-corrected chi connectivity index (χ2v) is 3.90. The summed E-state index contributed by atoms with van der Waals surface area (Å²) in [6.45, 7) is 3.87. The van der Waals surface area contributed by atoms with Crippen molar-refractivity contribution in [2.24, 2.45) is 5.41 Å². The summed E-state index contributed by atoms with van der Waals surface area (Å²) in [5.41, 5.74) is -2.29. The molecule has 94 valence electrons. The minimum Gasteiger partial charge on any atom is -0.350 e. The van der Waals surface area contributed by atoms with Crippen LogP contribution < -0.4 is 0 Å². The van der Waals surface area contributed by atoms with E-state index < -0.39 is 30.2 Å². The van der Waals surface area contributed by atoms with Gasteiger partial charge in [-0.05, 0) is 13.8 Å². The van der Waals surface area contributed by atoms with Crippen LogP contribution in [0.15, 0.2) is 0 Å². The maximum absolute atomic E-state index is 12.6. The molecule has 16 heavy (non-hydrogen) atoms. The van der Waals surface area contributed by atoms with Gasteiger partial charge in [0.2, 0.25) is 0 Å². The first-order chi connectivity index (χ1) is 7.35. The maximum Gasteiger partial charge on any atom is 0.401 e. The third kappa shape index (κ3) is 2.08. The molecule has 0 unspecified atom stereocenters. The molecule has 0 aromatic rings. The number of halogens is 3. The Bertz CT molecular complexity index is 249. The molecular weight excluding hydrogens is 225 g/mol. The Hall–Kier alpha value is -0.620. The van der Waals surface area contributed by atoms with Gasteiger partial charge in [-0.2, -0.15) is 13.2 Å². The second kappa shape index (κ2) is 4.33. The molecule has 0 atom stereocenters. The highest BCUT2D eigenvalue weighted by molar-refractivity contribution is 5.63. The molecule has 6 heteroatoms. The minimum atomic E-state index is -4.54. The van der Waals surface area contributed by atoms with Crippen molar-refractivity contribution in [1.29, 1.82) is 0 Å². The van der Waals surface area contributed by atoms with Crippen molar-refractivity contribution in [2.75, 3.05) is 13.2 Å². The monoisotopic (exact) mass is 240 g/mol. The van der Waals surface area contributed by atoms with Crippen molar-refractivity contribution in [1.82, 2.24) is 0 Å². The molecule has 1 aliphatic rings. The number of ether oxygens (including phenoxy) is 2. The van der Waals surface area contributed by atoms with Crippen LogP contribution in [-0.2, 0) is 14.3 Å². The first kappa shape index (κ1) is 13.4. The van der Waals surface area contributed by atoms with Crippen molar-refractivity contribution in [3.8, 4) is 0 Å². The number of hydrogen-bond donors (Lipinski definition) is 0. The Labute approximate surface area is 91.9 Å². The molecule has 1 rings (SSSR count). The van der Waals surface area contributed by atoms with E-state index in [1.165, 1.54) is 0 Å². The fourth-order valence-corrected chi connectivity index (χ4v) is 2.03. The standard InChI is InChI=1S/C10H15F3O3/c1-3-15-9(16-4-2)5-8(6-9,7-14)10(11,12)13/h7H,3-6H2,1-2H3. The van der Waals surface area contributed by atoms with Crippen LogP contribution in [0, 0.1) is 5.41 Å². The summed E-state index contributed by atoms with van der Waals surface area (Å²) in [6, 6.07) is 0. The molecule has 0 saturated heterocycles. The first-order valence-electron chi connectivity index (χ1n) is 5.16. The molecule has 0 aromatic carbocycles. The van der Waals surface area contributed by atoms with E-state index in [4.69, 9.17) is 9.47 Å². The van der Waals surface area contributed by atoms with Gasteiger partial charge in [0.25, 0.3) is 0 Å². The summed E-state index contributed by atoms with van der Waals surface area (Å²) in [5.74, 6) is -1.24. The lowest BCUT2D eigenvalue weighted by Crippen LogP contribution is -2.62. The normalized spacial score (nSPS) is 22.6. The largest absolute Gasteiger partial charge is 0.401 e. The van der Waals surface area contributed by atoms with Gasteiger partial charge in [0, 0.05) is 26.1 Å². The summed E-state index contributed by atoms with van der Waals surface area (Å²) in [5, 5.41) is 0. The first-order valence-corrected chi connectivity index (χ1v) is 5.16. The number of rotatable bonds is 5. The number of carbonyl (C=O) groups excluding carboxylic acids is 1. The van der Waals surface area contributed by atoms with Crippen molar-refractivity contribution < 1.29 is 27.4 Å². The van der Waals surface area contributed by atoms with E-state index in [1.54, 1.807) is 13.8 Å². The average molecular weight is 240 g/mol. The lowest BCUT2D eigenvalue weighted by atomic mass is 9.64. The maximum atomic E-state index is 12.6. The average Bonchev–Trinajstić information content (AvgIpc) is 2.11. The molecule has 0 bridgehead atoms. The Balaban J connectivity index is 2.77. The molecule has 0 aliphatic heterocycles. The summed E-state index contributed by atoms with van der Waals surface area (Å²) in [4.78, 5) is 10.6. The predicted octanol–water partition coefficient (Wildman–Crippen LogP) is 2.30. The lowest BCUT2D eigenvalue weighted by molar-refractivity contribution is -0.359. The zero-order valence-corrected chi connectivity index (χ0v) is 9.26. The Morgan fingerprint density at radius 3 is 1.88 bits per heavy atom. The van der Waals surface area contributed by atoms with Crippen molar-refractivity contribution >= 4 is 6.29 Å². The van der Waals surface area contributed by atoms with Gasteiger partial charge in [0.15, 0.2) is 5.79 Å². The summed E-state index contributed by atoms with van der Waals surface area (Å²) in [7, 11) is 0. The molecule has 0 aromatic heterocycles. The van der Waals surface area contributed by atoms with E-state index in [-0.39, 0.29) is 19.5 Å². The molecule has 1 aliphatic carbocycles. The van der Waals surface area contributed by atoms with E-state index in [0.717, 1.165) is 0 Å². The third-order valence-corrected chi connectivity index (χ3v) is 2.77. The number of hydrogen-bond acceptors (Lipinski definition) is 3. The molecule has 0 heterocycles. The predicted molar refractivity (Wildman–Crippen MR) is 49.8 cm³/mol. The minimum absolute atomic E-state index is 0.0384. The molecule has 0 N–H and O–H groups in total. The number of alkyl halides is 3. The fourth-order valence-electron chi connectivity index (χ4n) is 2.03. The van der Waals surface area contributed by atoms with E-state index in [0.29, 0.717) is 0 Å². The lowest BCUT2D eigenvalue weighted by Gasteiger charge is -2.52. The number of aldehydes is 1. The van der Waals surface area contributed by atoms with Gasteiger partial charge in [-0.25, -0.2) is 0 Å². The molecule has 0 amide bonds. The SMILES string of the molecule is CCOC1(OCC)CC(C=O)(C(F)(F)F)C1. The Morgan fingerprint density at radius 1 is 1.19 bits per heavy atom.